The van der Waals surface area contributed by atoms with Crippen LogP contribution in [0.15, 0.2) is 36.5 Å². The molecule has 0 aliphatic heterocycles. The Morgan fingerprint density at radius 3 is 2.75 bits per heavy atom. The highest BCUT2D eigenvalue weighted by molar-refractivity contribution is 6.05. The summed E-state index contributed by atoms with van der Waals surface area (Å²) in [6.07, 6.45) is 3.60. The lowest BCUT2D eigenvalue weighted by atomic mass is 10.1. The number of hydrogen-bond donors (Lipinski definition) is 2. The summed E-state index contributed by atoms with van der Waals surface area (Å²) in [7, 11) is 0. The van der Waals surface area contributed by atoms with Gasteiger partial charge in [-0.05, 0) is 55.7 Å². The van der Waals surface area contributed by atoms with Gasteiger partial charge in [-0.3, -0.25) is 9.20 Å². The zero-order valence-electron chi connectivity index (χ0n) is 14.1. The maximum atomic E-state index is 12.9. The number of hydrogen-bond acceptors (Lipinski definition) is 3. The SMILES string of the molecule is CCCc1nc2ccc(C)cn2c1C(=O)Nc1ccc(O)cc1C. The van der Waals surface area contributed by atoms with Crippen molar-refractivity contribution in [3.63, 3.8) is 0 Å². The summed E-state index contributed by atoms with van der Waals surface area (Å²) in [4.78, 5) is 17.5. The highest BCUT2D eigenvalue weighted by Crippen LogP contribution is 2.22. The molecule has 2 heterocycles. The monoisotopic (exact) mass is 323 g/mol. The third kappa shape index (κ3) is 2.97. The third-order valence-electron chi connectivity index (χ3n) is 4.00. The lowest BCUT2D eigenvalue weighted by Crippen LogP contribution is -2.17. The predicted octanol–water partition coefficient (Wildman–Crippen LogP) is 3.86. The van der Waals surface area contributed by atoms with Crippen molar-refractivity contribution < 1.29 is 9.90 Å². The van der Waals surface area contributed by atoms with Gasteiger partial charge in [0.05, 0.1) is 5.69 Å². The van der Waals surface area contributed by atoms with Gasteiger partial charge < -0.3 is 10.4 Å². The average Bonchev–Trinajstić information content (AvgIpc) is 2.87. The van der Waals surface area contributed by atoms with Crippen molar-refractivity contribution in [1.29, 1.82) is 0 Å². The molecule has 5 heteroatoms. The lowest BCUT2D eigenvalue weighted by Gasteiger charge is -2.10. The molecule has 0 aliphatic carbocycles. The summed E-state index contributed by atoms with van der Waals surface area (Å²) in [5, 5.41) is 12.5. The Morgan fingerprint density at radius 1 is 1.25 bits per heavy atom. The zero-order chi connectivity index (χ0) is 17.3. The number of aromatic hydroxyl groups is 1. The molecule has 2 N–H and O–H groups in total. The van der Waals surface area contributed by atoms with Crippen LogP contribution in [0.2, 0.25) is 0 Å². The molecule has 0 fully saturated rings. The van der Waals surface area contributed by atoms with E-state index in [9.17, 15) is 9.90 Å². The Balaban J connectivity index is 2.04. The highest BCUT2D eigenvalue weighted by atomic mass is 16.3. The van der Waals surface area contributed by atoms with E-state index in [1.807, 2.05) is 36.6 Å². The molecule has 0 saturated heterocycles. The topological polar surface area (TPSA) is 66.6 Å². The average molecular weight is 323 g/mol. The van der Waals surface area contributed by atoms with E-state index >= 15 is 0 Å². The molecule has 0 bridgehead atoms. The molecule has 3 aromatic rings. The second kappa shape index (κ2) is 6.35. The molecular formula is C19H21N3O2. The maximum Gasteiger partial charge on any atom is 0.274 e. The number of phenolic OH excluding ortho intramolecular Hbond substituents is 1. The number of imidazole rings is 1. The number of fused-ring (bicyclic) bond motifs is 1. The van der Waals surface area contributed by atoms with Crippen LogP contribution >= 0.6 is 0 Å². The first kappa shape index (κ1) is 16.1. The third-order valence-corrected chi connectivity index (χ3v) is 4.00. The quantitative estimate of drug-likeness (QED) is 0.716. The predicted molar refractivity (Wildman–Crippen MR) is 94.7 cm³/mol. The van der Waals surface area contributed by atoms with Crippen LogP contribution in [-0.2, 0) is 6.42 Å². The Labute approximate surface area is 141 Å². The summed E-state index contributed by atoms with van der Waals surface area (Å²) in [5.74, 6) is -0.00654. The molecule has 124 valence electrons. The summed E-state index contributed by atoms with van der Waals surface area (Å²) in [6.45, 7) is 5.91. The molecule has 0 unspecified atom stereocenters. The lowest BCUT2D eigenvalue weighted by molar-refractivity contribution is 0.102. The number of amides is 1. The smallest absolute Gasteiger partial charge is 0.274 e. The fourth-order valence-electron chi connectivity index (χ4n) is 2.82. The van der Waals surface area contributed by atoms with Gasteiger partial charge in [-0.2, -0.15) is 0 Å². The van der Waals surface area contributed by atoms with Gasteiger partial charge in [0.15, 0.2) is 0 Å². The van der Waals surface area contributed by atoms with Crippen LogP contribution in [0, 0.1) is 13.8 Å². The van der Waals surface area contributed by atoms with Crippen molar-refractivity contribution in [2.24, 2.45) is 0 Å². The fraction of sp³-hybridized carbons (Fsp3) is 0.263. The van der Waals surface area contributed by atoms with Crippen LogP contribution in [0.5, 0.6) is 5.75 Å². The van der Waals surface area contributed by atoms with Crippen molar-refractivity contribution in [3.8, 4) is 5.75 Å². The van der Waals surface area contributed by atoms with E-state index in [2.05, 4.69) is 17.2 Å². The van der Waals surface area contributed by atoms with Crippen LogP contribution in [0.4, 0.5) is 5.69 Å². The van der Waals surface area contributed by atoms with E-state index in [1.54, 1.807) is 18.2 Å². The standard InChI is InChI=1S/C19H21N3O2/c1-4-5-16-18(22-11-12(2)6-9-17(22)20-16)19(24)21-15-8-7-14(23)10-13(15)3/h6-11,23H,4-5H2,1-3H3,(H,21,24). The molecule has 5 nitrogen and oxygen atoms in total. The van der Waals surface area contributed by atoms with Crippen LogP contribution in [0.3, 0.4) is 0 Å². The molecule has 2 aromatic heterocycles. The van der Waals surface area contributed by atoms with Crippen molar-refractivity contribution in [1.82, 2.24) is 9.38 Å². The van der Waals surface area contributed by atoms with Crippen molar-refractivity contribution in [2.75, 3.05) is 5.32 Å². The summed E-state index contributed by atoms with van der Waals surface area (Å²) < 4.78 is 1.85. The van der Waals surface area contributed by atoms with Crippen LogP contribution in [0.25, 0.3) is 5.65 Å². The fourth-order valence-corrected chi connectivity index (χ4v) is 2.82. The normalized spacial score (nSPS) is 11.0. The molecular weight excluding hydrogens is 302 g/mol. The van der Waals surface area contributed by atoms with Gasteiger partial charge in [-0.1, -0.05) is 19.4 Å². The molecule has 1 amide bonds. The van der Waals surface area contributed by atoms with Gasteiger partial charge in [0, 0.05) is 11.9 Å². The number of nitrogens with zero attached hydrogens (tertiary/aromatic N) is 2. The number of anilines is 1. The van der Waals surface area contributed by atoms with E-state index in [4.69, 9.17) is 0 Å². The van der Waals surface area contributed by atoms with E-state index < -0.39 is 0 Å². The molecule has 0 radical (unpaired) electrons. The van der Waals surface area contributed by atoms with Crippen LogP contribution in [-0.4, -0.2) is 20.4 Å². The van der Waals surface area contributed by atoms with Crippen molar-refractivity contribution in [3.05, 3.63) is 59.0 Å². The van der Waals surface area contributed by atoms with Crippen molar-refractivity contribution in [2.45, 2.75) is 33.6 Å². The highest BCUT2D eigenvalue weighted by Gasteiger charge is 2.19. The van der Waals surface area contributed by atoms with Gasteiger partial charge in [0.1, 0.15) is 17.1 Å². The minimum Gasteiger partial charge on any atom is -0.508 e. The minimum atomic E-state index is -0.190. The number of nitrogens with one attached hydrogen (secondary N) is 1. The number of aromatic nitrogens is 2. The number of carbonyl (C=O) groups excluding carboxylic acids is 1. The van der Waals surface area contributed by atoms with Gasteiger partial charge in [-0.25, -0.2) is 4.98 Å². The first-order valence-corrected chi connectivity index (χ1v) is 8.08. The number of benzene rings is 1. The molecule has 0 atom stereocenters. The van der Waals surface area contributed by atoms with E-state index in [0.29, 0.717) is 11.4 Å². The first-order chi connectivity index (χ1) is 11.5. The molecule has 0 spiro atoms. The summed E-state index contributed by atoms with van der Waals surface area (Å²) >= 11 is 0. The number of rotatable bonds is 4. The van der Waals surface area contributed by atoms with E-state index in [0.717, 1.165) is 35.3 Å². The van der Waals surface area contributed by atoms with Gasteiger partial charge in [-0.15, -0.1) is 0 Å². The van der Waals surface area contributed by atoms with Gasteiger partial charge in [0.25, 0.3) is 5.91 Å². The summed E-state index contributed by atoms with van der Waals surface area (Å²) in [5.41, 5.74) is 4.71. The van der Waals surface area contributed by atoms with Crippen LogP contribution in [0.1, 0.15) is 40.7 Å². The Kier molecular flexibility index (Phi) is 4.25. The number of aryl methyl sites for hydroxylation is 3. The van der Waals surface area contributed by atoms with E-state index in [-0.39, 0.29) is 11.7 Å². The second-order valence-electron chi connectivity index (χ2n) is 6.05. The first-order valence-electron chi connectivity index (χ1n) is 8.08. The Morgan fingerprint density at radius 2 is 2.04 bits per heavy atom. The molecule has 1 aromatic carbocycles. The Hall–Kier alpha value is -2.82. The second-order valence-corrected chi connectivity index (χ2v) is 6.05. The van der Waals surface area contributed by atoms with Gasteiger partial charge >= 0.3 is 0 Å². The maximum absolute atomic E-state index is 12.9. The molecule has 0 aliphatic rings. The molecule has 24 heavy (non-hydrogen) atoms. The van der Waals surface area contributed by atoms with E-state index in [1.165, 1.54) is 0 Å². The summed E-state index contributed by atoms with van der Waals surface area (Å²) in [6, 6.07) is 8.81. The van der Waals surface area contributed by atoms with Crippen LogP contribution < -0.4 is 5.32 Å². The van der Waals surface area contributed by atoms with Crippen molar-refractivity contribution >= 4 is 17.2 Å². The number of phenols is 1. The largest absolute Gasteiger partial charge is 0.508 e. The van der Waals surface area contributed by atoms with Gasteiger partial charge in [0.2, 0.25) is 0 Å². The number of pyridine rings is 1. The number of carbonyl (C=O) groups is 1. The molecule has 0 saturated carbocycles. The minimum absolute atomic E-state index is 0.183. The molecule has 3 rings (SSSR count). The zero-order valence-corrected chi connectivity index (χ0v) is 14.1. The Bertz CT molecular complexity index is 912.